The summed E-state index contributed by atoms with van der Waals surface area (Å²) in [7, 11) is -4.02. The summed E-state index contributed by atoms with van der Waals surface area (Å²) in [6.07, 6.45) is 1.01. The molecule has 20 heavy (non-hydrogen) atoms. The molecule has 0 amide bonds. The smallest absolute Gasteiger partial charge is 0.246 e. The van der Waals surface area contributed by atoms with Gasteiger partial charge in [-0.15, -0.1) is 0 Å². The Bertz CT molecular complexity index is 650. The van der Waals surface area contributed by atoms with Crippen molar-refractivity contribution in [2.24, 2.45) is 10.9 Å². The standard InChI is InChI=1S/C11H13BrFN3O3S/c12-7-3-4-10(8(13)6-7)20(18,19)16-5-1-2-9(16)11(14)15-17/h3-4,6,9,17H,1-2,5H2,(H2,14,15). The average molecular weight is 366 g/mol. The molecule has 1 aliphatic heterocycles. The predicted octanol–water partition coefficient (Wildman–Crippen LogP) is 1.49. The Labute approximate surface area is 124 Å². The lowest BCUT2D eigenvalue weighted by atomic mass is 10.2. The van der Waals surface area contributed by atoms with E-state index in [4.69, 9.17) is 10.9 Å². The van der Waals surface area contributed by atoms with Crippen LogP contribution in [0.2, 0.25) is 0 Å². The first kappa shape index (κ1) is 15.2. The van der Waals surface area contributed by atoms with Crippen LogP contribution in [0.5, 0.6) is 0 Å². The molecule has 6 nitrogen and oxygen atoms in total. The minimum atomic E-state index is -4.02. The van der Waals surface area contributed by atoms with Crippen molar-refractivity contribution in [3.8, 4) is 0 Å². The number of halogens is 2. The lowest BCUT2D eigenvalue weighted by molar-refractivity contribution is 0.311. The first-order chi connectivity index (χ1) is 9.37. The molecule has 110 valence electrons. The Morgan fingerprint density at radius 3 is 2.85 bits per heavy atom. The fourth-order valence-electron chi connectivity index (χ4n) is 2.20. The number of nitrogens with zero attached hydrogens (tertiary/aromatic N) is 2. The molecule has 0 bridgehead atoms. The number of rotatable bonds is 3. The van der Waals surface area contributed by atoms with Crippen LogP contribution in [-0.2, 0) is 10.0 Å². The third-order valence-electron chi connectivity index (χ3n) is 3.14. The first-order valence-corrected chi connectivity index (χ1v) is 8.05. The fourth-order valence-corrected chi connectivity index (χ4v) is 4.25. The molecule has 1 aliphatic rings. The zero-order valence-corrected chi connectivity index (χ0v) is 12.7. The van der Waals surface area contributed by atoms with Crippen LogP contribution in [-0.4, -0.2) is 36.4 Å². The molecule has 0 saturated carbocycles. The summed E-state index contributed by atoms with van der Waals surface area (Å²) >= 11 is 3.07. The highest BCUT2D eigenvalue weighted by atomic mass is 79.9. The quantitative estimate of drug-likeness (QED) is 0.367. The van der Waals surface area contributed by atoms with E-state index in [1.54, 1.807) is 0 Å². The lowest BCUT2D eigenvalue weighted by Crippen LogP contribution is -2.44. The highest BCUT2D eigenvalue weighted by molar-refractivity contribution is 9.10. The topological polar surface area (TPSA) is 96.0 Å². The van der Waals surface area contributed by atoms with Gasteiger partial charge in [0, 0.05) is 11.0 Å². The number of benzene rings is 1. The predicted molar refractivity (Wildman–Crippen MR) is 74.4 cm³/mol. The highest BCUT2D eigenvalue weighted by Gasteiger charge is 2.38. The molecule has 2 rings (SSSR count). The Morgan fingerprint density at radius 2 is 2.25 bits per heavy atom. The second kappa shape index (κ2) is 5.66. The molecule has 0 aromatic heterocycles. The van der Waals surface area contributed by atoms with Crippen molar-refractivity contribution in [2.45, 2.75) is 23.8 Å². The van der Waals surface area contributed by atoms with Crippen molar-refractivity contribution in [1.29, 1.82) is 0 Å². The van der Waals surface area contributed by atoms with Crippen molar-refractivity contribution in [1.82, 2.24) is 4.31 Å². The van der Waals surface area contributed by atoms with E-state index in [-0.39, 0.29) is 12.4 Å². The third-order valence-corrected chi connectivity index (χ3v) is 5.58. The van der Waals surface area contributed by atoms with Crippen LogP contribution < -0.4 is 5.73 Å². The van der Waals surface area contributed by atoms with Gasteiger partial charge in [0.25, 0.3) is 0 Å². The summed E-state index contributed by atoms with van der Waals surface area (Å²) in [6.45, 7) is 0.207. The number of oxime groups is 1. The Hall–Kier alpha value is -1.19. The Balaban J connectivity index is 2.44. The van der Waals surface area contributed by atoms with Gasteiger partial charge in [-0.3, -0.25) is 0 Å². The van der Waals surface area contributed by atoms with Crippen LogP contribution in [0.25, 0.3) is 0 Å². The van der Waals surface area contributed by atoms with E-state index < -0.39 is 26.8 Å². The maximum Gasteiger partial charge on any atom is 0.246 e. The molecule has 1 unspecified atom stereocenters. The molecule has 0 spiro atoms. The molecule has 1 aromatic carbocycles. The second-order valence-electron chi connectivity index (χ2n) is 4.37. The number of hydrogen-bond acceptors (Lipinski definition) is 4. The van der Waals surface area contributed by atoms with Crippen LogP contribution in [0, 0.1) is 5.82 Å². The average Bonchev–Trinajstić information content (AvgIpc) is 2.87. The molecular weight excluding hydrogens is 353 g/mol. The molecule has 3 N–H and O–H groups in total. The van der Waals surface area contributed by atoms with Crippen molar-refractivity contribution >= 4 is 31.8 Å². The van der Waals surface area contributed by atoms with Crippen molar-refractivity contribution in [3.05, 3.63) is 28.5 Å². The van der Waals surface area contributed by atoms with E-state index in [1.807, 2.05) is 0 Å². The van der Waals surface area contributed by atoms with Gasteiger partial charge < -0.3 is 10.9 Å². The number of nitrogens with two attached hydrogens (primary N) is 1. The van der Waals surface area contributed by atoms with E-state index in [1.165, 1.54) is 12.1 Å². The molecular formula is C11H13BrFN3O3S. The van der Waals surface area contributed by atoms with Gasteiger partial charge in [0.1, 0.15) is 10.7 Å². The normalized spacial score (nSPS) is 21.3. The SMILES string of the molecule is N/C(=N/O)C1CCCN1S(=O)(=O)c1ccc(Br)cc1F. The molecule has 1 saturated heterocycles. The van der Waals surface area contributed by atoms with Crippen LogP contribution in [0.1, 0.15) is 12.8 Å². The number of sulfonamides is 1. The van der Waals surface area contributed by atoms with Gasteiger partial charge in [0.05, 0.1) is 6.04 Å². The van der Waals surface area contributed by atoms with Gasteiger partial charge in [0.2, 0.25) is 10.0 Å². The van der Waals surface area contributed by atoms with Gasteiger partial charge in [-0.05, 0) is 31.0 Å². The van der Waals surface area contributed by atoms with Crippen LogP contribution in [0.15, 0.2) is 32.7 Å². The third kappa shape index (κ3) is 2.65. The van der Waals surface area contributed by atoms with Crippen molar-refractivity contribution in [3.63, 3.8) is 0 Å². The number of hydrogen-bond donors (Lipinski definition) is 2. The monoisotopic (exact) mass is 365 g/mol. The van der Waals surface area contributed by atoms with E-state index >= 15 is 0 Å². The minimum absolute atomic E-state index is 0.191. The first-order valence-electron chi connectivity index (χ1n) is 5.82. The highest BCUT2D eigenvalue weighted by Crippen LogP contribution is 2.28. The molecule has 9 heteroatoms. The van der Waals surface area contributed by atoms with E-state index in [0.717, 1.165) is 10.4 Å². The summed E-state index contributed by atoms with van der Waals surface area (Å²) in [5.41, 5.74) is 5.50. The molecule has 1 fully saturated rings. The summed E-state index contributed by atoms with van der Waals surface area (Å²) in [5, 5.41) is 11.6. The fraction of sp³-hybridized carbons (Fsp3) is 0.364. The van der Waals surface area contributed by atoms with Crippen molar-refractivity contribution in [2.75, 3.05) is 6.54 Å². The summed E-state index contributed by atoms with van der Waals surface area (Å²) in [4.78, 5) is -0.418. The van der Waals surface area contributed by atoms with Gasteiger partial charge in [0.15, 0.2) is 5.84 Å². The number of amidine groups is 1. The van der Waals surface area contributed by atoms with E-state index in [9.17, 15) is 12.8 Å². The van der Waals surface area contributed by atoms with Crippen LogP contribution >= 0.6 is 15.9 Å². The molecule has 1 atom stereocenters. The maximum absolute atomic E-state index is 13.9. The van der Waals surface area contributed by atoms with E-state index in [2.05, 4.69) is 21.1 Å². The minimum Gasteiger partial charge on any atom is -0.409 e. The van der Waals surface area contributed by atoms with Gasteiger partial charge in [-0.25, -0.2) is 12.8 Å². The largest absolute Gasteiger partial charge is 0.409 e. The summed E-state index contributed by atoms with van der Waals surface area (Å²) in [6, 6.07) is 2.98. The lowest BCUT2D eigenvalue weighted by Gasteiger charge is -2.23. The van der Waals surface area contributed by atoms with Gasteiger partial charge >= 0.3 is 0 Å². The van der Waals surface area contributed by atoms with Crippen LogP contribution in [0.3, 0.4) is 0 Å². The Morgan fingerprint density at radius 1 is 1.55 bits per heavy atom. The summed E-state index contributed by atoms with van der Waals surface area (Å²) < 4.78 is 40.3. The molecule has 0 radical (unpaired) electrons. The second-order valence-corrected chi connectivity index (χ2v) is 7.15. The molecule has 1 aromatic rings. The van der Waals surface area contributed by atoms with E-state index in [0.29, 0.717) is 17.3 Å². The van der Waals surface area contributed by atoms with Gasteiger partial charge in [-0.1, -0.05) is 21.1 Å². The maximum atomic E-state index is 13.9. The zero-order valence-electron chi connectivity index (χ0n) is 10.3. The summed E-state index contributed by atoms with van der Waals surface area (Å²) in [5.74, 6) is -1.03. The Kier molecular flexibility index (Phi) is 4.31. The van der Waals surface area contributed by atoms with Crippen molar-refractivity contribution < 1.29 is 18.0 Å². The molecule has 0 aliphatic carbocycles. The van der Waals surface area contributed by atoms with Gasteiger partial charge in [-0.2, -0.15) is 4.31 Å². The zero-order chi connectivity index (χ0) is 14.9. The van der Waals surface area contributed by atoms with Crippen LogP contribution in [0.4, 0.5) is 4.39 Å². The molecule has 1 heterocycles.